The predicted molar refractivity (Wildman–Crippen MR) is 114 cm³/mol. The van der Waals surface area contributed by atoms with Gasteiger partial charge in [0.1, 0.15) is 27.5 Å². The van der Waals surface area contributed by atoms with Crippen LogP contribution in [0.5, 0.6) is 23.0 Å². The Morgan fingerprint density at radius 1 is 0.933 bits per heavy atom. The fraction of sp³-hybridized carbons (Fsp3) is 0.333. The summed E-state index contributed by atoms with van der Waals surface area (Å²) in [4.78, 5) is 24.7. The summed E-state index contributed by atoms with van der Waals surface area (Å²) in [5, 5.41) is 2.77. The lowest BCUT2D eigenvalue weighted by Crippen LogP contribution is -2.31. The van der Waals surface area contributed by atoms with Gasteiger partial charge in [0.25, 0.3) is 5.91 Å². The second kappa shape index (κ2) is 10.7. The van der Waals surface area contributed by atoms with E-state index in [9.17, 15) is 9.59 Å². The summed E-state index contributed by atoms with van der Waals surface area (Å²) >= 11 is 3.33. The maximum atomic E-state index is 12.4. The molecule has 0 saturated carbocycles. The third kappa shape index (κ3) is 5.56. The molecule has 1 unspecified atom stereocenters. The first-order chi connectivity index (χ1) is 14.3. The normalized spacial score (nSPS) is 11.3. The molecule has 0 aliphatic heterocycles. The van der Waals surface area contributed by atoms with Gasteiger partial charge in [-0.2, -0.15) is 0 Å². The minimum absolute atomic E-state index is 0.196. The summed E-state index contributed by atoms with van der Waals surface area (Å²) in [7, 11) is 6.04. The lowest BCUT2D eigenvalue weighted by atomic mass is 10.1. The Bertz CT molecular complexity index is 891. The van der Waals surface area contributed by atoms with Crippen LogP contribution in [-0.4, -0.2) is 46.9 Å². The van der Waals surface area contributed by atoms with Crippen molar-refractivity contribution in [2.45, 2.75) is 13.0 Å². The Kier molecular flexibility index (Phi) is 8.35. The Labute approximate surface area is 183 Å². The van der Waals surface area contributed by atoms with Gasteiger partial charge < -0.3 is 29.0 Å². The quantitative estimate of drug-likeness (QED) is 0.547. The van der Waals surface area contributed by atoms with Gasteiger partial charge in [-0.1, -0.05) is 0 Å². The van der Waals surface area contributed by atoms with E-state index >= 15 is 0 Å². The number of esters is 1. The lowest BCUT2D eigenvalue weighted by Gasteiger charge is -2.18. The second-order valence-electron chi connectivity index (χ2n) is 6.17. The summed E-state index contributed by atoms with van der Waals surface area (Å²) in [6.07, 6.45) is 0. The SMILES string of the molecule is COc1ccc(OC)c(C(C)NC(=O)COC(=O)c2cc(OC)c(Br)c(OC)c2)c1. The number of nitrogens with one attached hydrogen (secondary N) is 1. The van der Waals surface area contributed by atoms with Crippen LogP contribution in [0.15, 0.2) is 34.8 Å². The van der Waals surface area contributed by atoms with E-state index in [4.69, 9.17) is 23.7 Å². The maximum Gasteiger partial charge on any atom is 0.338 e. The van der Waals surface area contributed by atoms with Crippen molar-refractivity contribution < 1.29 is 33.3 Å². The van der Waals surface area contributed by atoms with Crippen LogP contribution in [0.3, 0.4) is 0 Å². The van der Waals surface area contributed by atoms with E-state index in [-0.39, 0.29) is 5.56 Å². The first-order valence-corrected chi connectivity index (χ1v) is 9.73. The van der Waals surface area contributed by atoms with Crippen LogP contribution >= 0.6 is 15.9 Å². The average Bonchev–Trinajstić information content (AvgIpc) is 2.76. The fourth-order valence-corrected chi connectivity index (χ4v) is 3.29. The minimum atomic E-state index is -0.680. The van der Waals surface area contributed by atoms with Crippen molar-refractivity contribution in [2.24, 2.45) is 0 Å². The molecular formula is C21H24BrNO7. The highest BCUT2D eigenvalue weighted by Crippen LogP contribution is 2.35. The van der Waals surface area contributed by atoms with Crippen molar-refractivity contribution in [3.8, 4) is 23.0 Å². The van der Waals surface area contributed by atoms with E-state index in [1.807, 2.05) is 0 Å². The molecule has 2 aromatic carbocycles. The third-order valence-corrected chi connectivity index (χ3v) is 5.08. The zero-order chi connectivity index (χ0) is 22.3. The maximum absolute atomic E-state index is 12.4. The van der Waals surface area contributed by atoms with Crippen molar-refractivity contribution in [1.29, 1.82) is 0 Å². The number of carbonyl (C=O) groups excluding carboxylic acids is 2. The Morgan fingerprint density at radius 3 is 2.07 bits per heavy atom. The Balaban J connectivity index is 2.03. The average molecular weight is 482 g/mol. The lowest BCUT2D eigenvalue weighted by molar-refractivity contribution is -0.124. The fourth-order valence-electron chi connectivity index (χ4n) is 2.74. The molecule has 0 heterocycles. The number of methoxy groups -OCH3 is 4. The molecular weight excluding hydrogens is 458 g/mol. The number of halogens is 1. The molecule has 9 heteroatoms. The van der Waals surface area contributed by atoms with Crippen LogP contribution in [-0.2, 0) is 9.53 Å². The highest BCUT2D eigenvalue weighted by Gasteiger charge is 2.19. The van der Waals surface area contributed by atoms with Gasteiger partial charge in [0.05, 0.1) is 40.0 Å². The molecule has 0 bridgehead atoms. The van der Waals surface area contributed by atoms with Crippen molar-refractivity contribution >= 4 is 27.8 Å². The van der Waals surface area contributed by atoms with Crippen LogP contribution in [0.25, 0.3) is 0 Å². The number of benzene rings is 2. The van der Waals surface area contributed by atoms with Crippen molar-refractivity contribution in [2.75, 3.05) is 35.0 Å². The number of ether oxygens (including phenoxy) is 5. The monoisotopic (exact) mass is 481 g/mol. The van der Waals surface area contributed by atoms with Crippen molar-refractivity contribution in [3.05, 3.63) is 45.9 Å². The molecule has 0 spiro atoms. The minimum Gasteiger partial charge on any atom is -0.497 e. The summed E-state index contributed by atoms with van der Waals surface area (Å²) in [6, 6.07) is 7.89. The molecule has 2 aromatic rings. The zero-order valence-corrected chi connectivity index (χ0v) is 19.0. The van der Waals surface area contributed by atoms with E-state index in [1.54, 1.807) is 39.3 Å². The first-order valence-electron chi connectivity index (χ1n) is 8.94. The van der Waals surface area contributed by atoms with E-state index < -0.39 is 24.5 Å². The highest BCUT2D eigenvalue weighted by atomic mass is 79.9. The molecule has 0 aliphatic rings. The van der Waals surface area contributed by atoms with Crippen LogP contribution in [0.1, 0.15) is 28.9 Å². The van der Waals surface area contributed by atoms with Gasteiger partial charge in [-0.05, 0) is 53.2 Å². The van der Waals surface area contributed by atoms with Gasteiger partial charge in [-0.25, -0.2) is 4.79 Å². The molecule has 0 radical (unpaired) electrons. The number of carbonyl (C=O) groups is 2. The summed E-state index contributed by atoms with van der Waals surface area (Å²) in [6.45, 7) is 1.34. The van der Waals surface area contributed by atoms with E-state index in [0.29, 0.717) is 27.5 Å². The largest absolute Gasteiger partial charge is 0.497 e. The second-order valence-corrected chi connectivity index (χ2v) is 6.96. The summed E-state index contributed by atoms with van der Waals surface area (Å²) < 4.78 is 26.7. The van der Waals surface area contributed by atoms with Gasteiger partial charge in [0.2, 0.25) is 0 Å². The molecule has 1 N–H and O–H groups in total. The molecule has 162 valence electrons. The van der Waals surface area contributed by atoms with Crippen LogP contribution in [0.4, 0.5) is 0 Å². The molecule has 30 heavy (non-hydrogen) atoms. The van der Waals surface area contributed by atoms with E-state index in [2.05, 4.69) is 21.2 Å². The third-order valence-electron chi connectivity index (χ3n) is 4.30. The Hall–Kier alpha value is -2.94. The summed E-state index contributed by atoms with van der Waals surface area (Å²) in [5.41, 5.74) is 0.932. The molecule has 8 nitrogen and oxygen atoms in total. The topological polar surface area (TPSA) is 92.3 Å². The standard InChI is InChI=1S/C21H24BrNO7/c1-12(15-10-14(26-2)6-7-16(15)27-3)23-19(24)11-30-21(25)13-8-17(28-4)20(22)18(9-13)29-5/h6-10,12H,11H2,1-5H3,(H,23,24). The van der Waals surface area contributed by atoms with Gasteiger partial charge in [-0.3, -0.25) is 4.79 Å². The number of amides is 1. The van der Waals surface area contributed by atoms with Crippen LogP contribution < -0.4 is 24.3 Å². The molecule has 0 saturated heterocycles. The first kappa shape index (κ1) is 23.3. The van der Waals surface area contributed by atoms with Gasteiger partial charge >= 0.3 is 5.97 Å². The van der Waals surface area contributed by atoms with Crippen molar-refractivity contribution in [1.82, 2.24) is 5.32 Å². The molecule has 1 atom stereocenters. The number of hydrogen-bond donors (Lipinski definition) is 1. The molecule has 0 fully saturated rings. The highest BCUT2D eigenvalue weighted by molar-refractivity contribution is 9.10. The van der Waals surface area contributed by atoms with E-state index in [1.165, 1.54) is 26.4 Å². The molecule has 2 rings (SSSR count). The number of rotatable bonds is 9. The zero-order valence-electron chi connectivity index (χ0n) is 17.4. The molecule has 1 amide bonds. The predicted octanol–water partition coefficient (Wildman–Crippen LogP) is 3.52. The van der Waals surface area contributed by atoms with Crippen LogP contribution in [0, 0.1) is 0 Å². The van der Waals surface area contributed by atoms with Crippen LogP contribution in [0.2, 0.25) is 0 Å². The Morgan fingerprint density at radius 2 is 1.53 bits per heavy atom. The van der Waals surface area contributed by atoms with Crippen molar-refractivity contribution in [3.63, 3.8) is 0 Å². The van der Waals surface area contributed by atoms with Gasteiger partial charge in [0, 0.05) is 5.56 Å². The van der Waals surface area contributed by atoms with Gasteiger partial charge in [0.15, 0.2) is 6.61 Å². The molecule has 0 aromatic heterocycles. The summed E-state index contributed by atoms with van der Waals surface area (Å²) in [5.74, 6) is 0.915. The number of hydrogen-bond acceptors (Lipinski definition) is 7. The molecule has 0 aliphatic carbocycles. The van der Waals surface area contributed by atoms with E-state index in [0.717, 1.165) is 5.56 Å². The van der Waals surface area contributed by atoms with Gasteiger partial charge in [-0.15, -0.1) is 0 Å². The smallest absolute Gasteiger partial charge is 0.338 e.